The van der Waals surface area contributed by atoms with Crippen molar-refractivity contribution in [2.75, 3.05) is 6.54 Å². The number of hydrogen-bond donors (Lipinski definition) is 2. The first-order valence-electron chi connectivity index (χ1n) is 7.63. The maximum absolute atomic E-state index is 13.6. The van der Waals surface area contributed by atoms with Crippen LogP contribution in [-0.2, 0) is 6.42 Å². The molecule has 0 spiro atoms. The third kappa shape index (κ3) is 4.89. The van der Waals surface area contributed by atoms with Crippen LogP contribution in [-0.4, -0.2) is 11.7 Å². The molecule has 0 saturated heterocycles. The first-order valence-corrected chi connectivity index (χ1v) is 8.04. The average Bonchev–Trinajstić information content (AvgIpc) is 2.58. The molecule has 0 unspecified atom stereocenters. The van der Waals surface area contributed by atoms with Crippen LogP contribution < -0.4 is 10.6 Å². The number of halogens is 1. The van der Waals surface area contributed by atoms with E-state index in [4.69, 9.17) is 12.2 Å². The zero-order valence-electron chi connectivity index (χ0n) is 13.2. The Labute approximate surface area is 142 Å². The molecule has 2 aromatic rings. The first kappa shape index (κ1) is 17.2. The highest BCUT2D eigenvalue weighted by Gasteiger charge is 2.15. The summed E-state index contributed by atoms with van der Waals surface area (Å²) in [6, 6.07) is 14.6. The third-order valence-corrected chi connectivity index (χ3v) is 3.85. The van der Waals surface area contributed by atoms with Crippen molar-refractivity contribution in [3.63, 3.8) is 0 Å². The molecule has 0 radical (unpaired) electrons. The normalized spacial score (nSPS) is 11.6. The van der Waals surface area contributed by atoms with E-state index in [-0.39, 0.29) is 11.9 Å². The Kier molecular flexibility index (Phi) is 6.29. The average molecular weight is 328 g/mol. The number of thiocarbonyl (C=S) groups is 1. The lowest BCUT2D eigenvalue weighted by Crippen LogP contribution is -2.38. The molecule has 2 nitrogen and oxygen atoms in total. The van der Waals surface area contributed by atoms with Gasteiger partial charge in [0.2, 0.25) is 0 Å². The molecule has 0 aliphatic heterocycles. The Morgan fingerprint density at radius 2 is 1.96 bits per heavy atom. The van der Waals surface area contributed by atoms with Gasteiger partial charge in [-0.05, 0) is 47.5 Å². The van der Waals surface area contributed by atoms with Crippen LogP contribution in [0.25, 0.3) is 0 Å². The van der Waals surface area contributed by atoms with Crippen LogP contribution in [0.15, 0.2) is 61.2 Å². The summed E-state index contributed by atoms with van der Waals surface area (Å²) in [6.07, 6.45) is 2.72. The molecule has 0 aliphatic rings. The number of aryl methyl sites for hydroxylation is 1. The highest BCUT2D eigenvalue weighted by Crippen LogP contribution is 2.23. The molecule has 2 rings (SSSR count). The summed E-state index contributed by atoms with van der Waals surface area (Å²) in [5.74, 6) is -0.260. The maximum Gasteiger partial charge on any atom is 0.167 e. The van der Waals surface area contributed by atoms with Crippen molar-refractivity contribution in [1.82, 2.24) is 10.6 Å². The fraction of sp³-hybridized carbons (Fsp3) is 0.211. The predicted octanol–water partition coefficient (Wildman–Crippen LogP) is 4.13. The molecule has 0 fully saturated rings. The SMILES string of the molecule is C=CCNC(=S)N[C@H](c1ccc(CC)cc1)c1cccc(F)c1. The molecule has 0 heterocycles. The minimum absolute atomic E-state index is 0.207. The van der Waals surface area contributed by atoms with Gasteiger partial charge in [0.25, 0.3) is 0 Å². The van der Waals surface area contributed by atoms with Crippen molar-refractivity contribution in [1.29, 1.82) is 0 Å². The molecule has 23 heavy (non-hydrogen) atoms. The second-order valence-corrected chi connectivity index (χ2v) is 5.63. The van der Waals surface area contributed by atoms with Crippen molar-refractivity contribution < 1.29 is 4.39 Å². The van der Waals surface area contributed by atoms with Crippen LogP contribution in [0.2, 0.25) is 0 Å². The van der Waals surface area contributed by atoms with Gasteiger partial charge < -0.3 is 10.6 Å². The van der Waals surface area contributed by atoms with Gasteiger partial charge in [-0.1, -0.05) is 49.4 Å². The van der Waals surface area contributed by atoms with Crippen LogP contribution in [0.3, 0.4) is 0 Å². The Morgan fingerprint density at radius 3 is 2.57 bits per heavy atom. The Bertz CT molecular complexity index is 667. The standard InChI is InChI=1S/C19H21FN2S/c1-3-12-21-19(23)22-18(16-6-5-7-17(20)13-16)15-10-8-14(4-2)9-11-15/h3,5-11,13,18H,1,4,12H2,2H3,(H2,21,22,23)/t18-/m1/s1. The molecule has 1 atom stereocenters. The molecule has 2 N–H and O–H groups in total. The van der Waals surface area contributed by atoms with Crippen LogP contribution in [0.1, 0.15) is 29.7 Å². The van der Waals surface area contributed by atoms with Gasteiger partial charge in [0.15, 0.2) is 5.11 Å². The molecule has 2 aromatic carbocycles. The van der Waals surface area contributed by atoms with Gasteiger partial charge in [0.1, 0.15) is 5.82 Å². The summed E-state index contributed by atoms with van der Waals surface area (Å²) < 4.78 is 13.6. The van der Waals surface area contributed by atoms with Crippen molar-refractivity contribution in [3.8, 4) is 0 Å². The number of rotatable bonds is 6. The van der Waals surface area contributed by atoms with Gasteiger partial charge in [-0.15, -0.1) is 6.58 Å². The van der Waals surface area contributed by atoms with Gasteiger partial charge in [0.05, 0.1) is 6.04 Å². The van der Waals surface area contributed by atoms with E-state index in [1.54, 1.807) is 12.1 Å². The van der Waals surface area contributed by atoms with E-state index in [9.17, 15) is 4.39 Å². The fourth-order valence-corrected chi connectivity index (χ4v) is 2.54. The predicted molar refractivity (Wildman–Crippen MR) is 98.0 cm³/mol. The topological polar surface area (TPSA) is 24.1 Å². The zero-order valence-corrected chi connectivity index (χ0v) is 14.0. The summed E-state index contributed by atoms with van der Waals surface area (Å²) in [7, 11) is 0. The molecule has 0 aliphatic carbocycles. The minimum Gasteiger partial charge on any atom is -0.359 e. The van der Waals surface area contributed by atoms with E-state index < -0.39 is 0 Å². The Morgan fingerprint density at radius 1 is 1.22 bits per heavy atom. The molecule has 0 aromatic heterocycles. The number of benzene rings is 2. The lowest BCUT2D eigenvalue weighted by Gasteiger charge is -2.22. The highest BCUT2D eigenvalue weighted by atomic mass is 32.1. The third-order valence-electron chi connectivity index (χ3n) is 3.59. The van der Waals surface area contributed by atoms with Crippen LogP contribution >= 0.6 is 12.2 Å². The number of hydrogen-bond acceptors (Lipinski definition) is 1. The lowest BCUT2D eigenvalue weighted by atomic mass is 9.97. The molecule has 0 saturated carbocycles. The second kappa shape index (κ2) is 8.44. The van der Waals surface area contributed by atoms with Gasteiger partial charge in [0, 0.05) is 6.54 Å². The van der Waals surface area contributed by atoms with Crippen molar-refractivity contribution in [3.05, 3.63) is 83.7 Å². The fourth-order valence-electron chi connectivity index (χ4n) is 2.34. The molecule has 0 bridgehead atoms. The van der Waals surface area contributed by atoms with E-state index in [0.29, 0.717) is 11.7 Å². The van der Waals surface area contributed by atoms with Crippen molar-refractivity contribution in [2.45, 2.75) is 19.4 Å². The monoisotopic (exact) mass is 328 g/mol. The van der Waals surface area contributed by atoms with Crippen molar-refractivity contribution >= 4 is 17.3 Å². The first-order chi connectivity index (χ1) is 11.1. The van der Waals surface area contributed by atoms with E-state index in [1.807, 2.05) is 6.07 Å². The molecular formula is C19H21FN2S. The molecule has 0 amide bonds. The summed E-state index contributed by atoms with van der Waals surface area (Å²) in [6.45, 7) is 6.36. The smallest absolute Gasteiger partial charge is 0.167 e. The lowest BCUT2D eigenvalue weighted by molar-refractivity contribution is 0.621. The van der Waals surface area contributed by atoms with Crippen LogP contribution in [0.4, 0.5) is 4.39 Å². The Hall–Kier alpha value is -2.20. The van der Waals surface area contributed by atoms with E-state index in [2.05, 4.69) is 48.4 Å². The van der Waals surface area contributed by atoms with Gasteiger partial charge >= 0.3 is 0 Å². The largest absolute Gasteiger partial charge is 0.359 e. The van der Waals surface area contributed by atoms with Crippen LogP contribution in [0, 0.1) is 5.82 Å². The quantitative estimate of drug-likeness (QED) is 0.616. The maximum atomic E-state index is 13.6. The minimum atomic E-state index is -0.260. The highest BCUT2D eigenvalue weighted by molar-refractivity contribution is 7.80. The summed E-state index contributed by atoms with van der Waals surface area (Å²) >= 11 is 5.31. The Balaban J connectivity index is 2.29. The van der Waals surface area contributed by atoms with Crippen LogP contribution in [0.5, 0.6) is 0 Å². The summed E-state index contributed by atoms with van der Waals surface area (Å²) in [5, 5.41) is 6.82. The van der Waals surface area contributed by atoms with E-state index in [0.717, 1.165) is 17.5 Å². The molecular weight excluding hydrogens is 307 g/mol. The van der Waals surface area contributed by atoms with Gasteiger partial charge in [-0.2, -0.15) is 0 Å². The zero-order chi connectivity index (χ0) is 16.7. The summed E-state index contributed by atoms with van der Waals surface area (Å²) in [4.78, 5) is 0. The van der Waals surface area contributed by atoms with Gasteiger partial charge in [-0.3, -0.25) is 0 Å². The van der Waals surface area contributed by atoms with E-state index >= 15 is 0 Å². The van der Waals surface area contributed by atoms with Gasteiger partial charge in [-0.25, -0.2) is 4.39 Å². The number of nitrogens with one attached hydrogen (secondary N) is 2. The van der Waals surface area contributed by atoms with Crippen molar-refractivity contribution in [2.24, 2.45) is 0 Å². The molecule has 4 heteroatoms. The van der Waals surface area contributed by atoms with E-state index in [1.165, 1.54) is 17.7 Å². The molecule has 120 valence electrons. The summed E-state index contributed by atoms with van der Waals surface area (Å²) in [5.41, 5.74) is 3.13. The second-order valence-electron chi connectivity index (χ2n) is 5.23.